The maximum absolute atomic E-state index is 4.32. The minimum atomic E-state index is 0.887. The average Bonchev–Trinajstić information content (AvgIpc) is 3.06. The van der Waals surface area contributed by atoms with Gasteiger partial charge in [0.25, 0.3) is 0 Å². The average molecular weight is 376 g/mol. The molecule has 4 aromatic rings. The Morgan fingerprint density at radius 3 is 2.71 bits per heavy atom. The van der Waals surface area contributed by atoms with E-state index in [1.54, 1.807) is 23.1 Å². The molecule has 2 heterocycles. The number of halogens is 1. The van der Waals surface area contributed by atoms with Crippen molar-refractivity contribution in [3.05, 3.63) is 58.6 Å². The van der Waals surface area contributed by atoms with Crippen LogP contribution in [-0.4, -0.2) is 14.6 Å². The van der Waals surface area contributed by atoms with Gasteiger partial charge in [-0.15, -0.1) is 10.2 Å². The number of thioether (sulfide) groups is 1. The molecule has 0 amide bonds. The fourth-order valence-corrected chi connectivity index (χ4v) is 4.37. The van der Waals surface area contributed by atoms with Crippen molar-refractivity contribution in [2.75, 3.05) is 0 Å². The highest BCUT2D eigenvalue weighted by Gasteiger charge is 2.12. The van der Waals surface area contributed by atoms with Crippen LogP contribution in [0.2, 0.25) is 0 Å². The topological polar surface area (TPSA) is 30.2 Å². The van der Waals surface area contributed by atoms with Gasteiger partial charge in [0.05, 0.1) is 10.2 Å². The van der Waals surface area contributed by atoms with Crippen molar-refractivity contribution in [2.45, 2.75) is 10.9 Å². The third-order valence-electron chi connectivity index (χ3n) is 3.19. The summed E-state index contributed by atoms with van der Waals surface area (Å²) in [5.41, 5.74) is 2.46. The molecule has 2 aromatic carbocycles. The maximum Gasteiger partial charge on any atom is 0.217 e. The lowest BCUT2D eigenvalue weighted by Crippen LogP contribution is -1.87. The number of benzene rings is 2. The van der Waals surface area contributed by atoms with Crippen LogP contribution in [0, 0.1) is 0 Å². The van der Waals surface area contributed by atoms with Crippen molar-refractivity contribution < 1.29 is 0 Å². The van der Waals surface area contributed by atoms with Gasteiger partial charge < -0.3 is 0 Å². The fraction of sp³-hybridized carbons (Fsp3) is 0.0667. The Balaban J connectivity index is 1.68. The summed E-state index contributed by atoms with van der Waals surface area (Å²) in [5, 5.41) is 9.55. The van der Waals surface area contributed by atoms with E-state index in [4.69, 9.17) is 0 Å². The highest BCUT2D eigenvalue weighted by atomic mass is 79.9. The quantitative estimate of drug-likeness (QED) is 0.472. The fourth-order valence-electron chi connectivity index (χ4n) is 2.18. The summed E-state index contributed by atoms with van der Waals surface area (Å²) >= 11 is 6.85. The number of hydrogen-bond donors (Lipinski definition) is 0. The smallest absolute Gasteiger partial charge is 0.217 e. The summed E-state index contributed by atoms with van der Waals surface area (Å²) in [6, 6.07) is 16.7. The van der Waals surface area contributed by atoms with Gasteiger partial charge in [-0.3, -0.25) is 4.40 Å². The number of thiazole rings is 1. The Bertz CT molecular complexity index is 912. The predicted octanol–water partition coefficient (Wildman–Crippen LogP) is 5.00. The first kappa shape index (κ1) is 13.3. The number of aromatic nitrogens is 3. The molecular formula is C15H10BrN3S2. The van der Waals surface area contributed by atoms with Gasteiger partial charge >= 0.3 is 0 Å². The van der Waals surface area contributed by atoms with E-state index in [2.05, 4.69) is 79.1 Å². The molecule has 0 saturated carbocycles. The molecule has 4 rings (SSSR count). The van der Waals surface area contributed by atoms with Crippen molar-refractivity contribution in [3.63, 3.8) is 0 Å². The number of rotatable bonds is 3. The van der Waals surface area contributed by atoms with Crippen molar-refractivity contribution >= 4 is 54.2 Å². The summed E-state index contributed by atoms with van der Waals surface area (Å²) in [7, 11) is 0. The Kier molecular flexibility index (Phi) is 3.45. The molecule has 0 unspecified atom stereocenters. The molecule has 0 atom stereocenters. The molecule has 0 spiro atoms. The second-order valence-electron chi connectivity index (χ2n) is 4.59. The zero-order chi connectivity index (χ0) is 14.2. The van der Waals surface area contributed by atoms with Gasteiger partial charge in [-0.2, -0.15) is 0 Å². The molecule has 0 aliphatic rings. The van der Waals surface area contributed by atoms with E-state index in [-0.39, 0.29) is 0 Å². The van der Waals surface area contributed by atoms with Crippen LogP contribution < -0.4 is 0 Å². The molecule has 0 radical (unpaired) electrons. The third kappa shape index (κ3) is 2.47. The van der Waals surface area contributed by atoms with Gasteiger partial charge in [-0.1, -0.05) is 63.3 Å². The molecule has 0 fully saturated rings. The molecule has 3 nitrogen and oxygen atoms in total. The van der Waals surface area contributed by atoms with Crippen molar-refractivity contribution in [1.82, 2.24) is 14.6 Å². The second kappa shape index (κ2) is 5.44. The number of fused-ring (bicyclic) bond motifs is 3. The molecular weight excluding hydrogens is 366 g/mol. The lowest BCUT2D eigenvalue weighted by Gasteiger charge is -2.00. The Hall–Kier alpha value is -1.37. The molecule has 104 valence electrons. The first-order chi connectivity index (χ1) is 10.3. The molecule has 6 heteroatoms. The Morgan fingerprint density at radius 1 is 1.05 bits per heavy atom. The maximum atomic E-state index is 4.32. The minimum Gasteiger partial charge on any atom is -0.260 e. The van der Waals surface area contributed by atoms with Crippen molar-refractivity contribution in [2.24, 2.45) is 0 Å². The van der Waals surface area contributed by atoms with E-state index in [9.17, 15) is 0 Å². The van der Waals surface area contributed by atoms with Gasteiger partial charge in [-0.25, -0.2) is 0 Å². The van der Waals surface area contributed by atoms with E-state index >= 15 is 0 Å². The minimum absolute atomic E-state index is 0.887. The summed E-state index contributed by atoms with van der Waals surface area (Å²) in [6.07, 6.45) is 0. The van der Waals surface area contributed by atoms with Crippen LogP contribution in [0.25, 0.3) is 15.2 Å². The van der Waals surface area contributed by atoms with Crippen molar-refractivity contribution in [1.29, 1.82) is 0 Å². The normalized spacial score (nSPS) is 11.5. The molecule has 0 saturated heterocycles. The first-order valence-corrected chi connectivity index (χ1v) is 9.01. The summed E-state index contributed by atoms with van der Waals surface area (Å²) in [5.74, 6) is 0.887. The number of nitrogens with zero attached hydrogens (tertiary/aromatic N) is 3. The monoisotopic (exact) mass is 375 g/mol. The number of para-hydroxylation sites is 1. The van der Waals surface area contributed by atoms with Gasteiger partial charge in [0, 0.05) is 10.2 Å². The van der Waals surface area contributed by atoms with Gasteiger partial charge in [-0.05, 0) is 29.8 Å². The number of hydrogen-bond acceptors (Lipinski definition) is 4. The van der Waals surface area contributed by atoms with E-state index in [1.807, 2.05) is 0 Å². The van der Waals surface area contributed by atoms with Crippen LogP contribution in [0.4, 0.5) is 0 Å². The lowest BCUT2D eigenvalue weighted by molar-refractivity contribution is 0.940. The van der Waals surface area contributed by atoms with Crippen molar-refractivity contribution in [3.8, 4) is 0 Å². The van der Waals surface area contributed by atoms with Gasteiger partial charge in [0.2, 0.25) is 4.96 Å². The summed E-state index contributed by atoms with van der Waals surface area (Å²) in [6.45, 7) is 0. The lowest BCUT2D eigenvalue weighted by atomic mass is 10.2. The molecule has 21 heavy (non-hydrogen) atoms. The standard InChI is InChI=1S/C15H10BrN3S2/c16-11-7-5-10(6-8-11)9-20-14-17-18-15-19(14)12-3-1-2-4-13(12)21-15/h1-8H,9H2. The highest BCUT2D eigenvalue weighted by Crippen LogP contribution is 2.30. The van der Waals surface area contributed by atoms with Gasteiger partial charge in [0.15, 0.2) is 5.16 Å². The molecule has 0 bridgehead atoms. The van der Waals surface area contributed by atoms with Crippen LogP contribution in [-0.2, 0) is 5.75 Å². The SMILES string of the molecule is Brc1ccc(CSc2nnc3sc4ccccc4n23)cc1. The van der Waals surface area contributed by atoms with E-state index < -0.39 is 0 Å². The third-order valence-corrected chi connectivity index (χ3v) is 5.73. The summed E-state index contributed by atoms with van der Waals surface area (Å²) in [4.78, 5) is 0.953. The van der Waals surface area contributed by atoms with Crippen LogP contribution in [0.1, 0.15) is 5.56 Å². The second-order valence-corrected chi connectivity index (χ2v) is 7.45. The van der Waals surface area contributed by atoms with Crippen LogP contribution in [0.15, 0.2) is 58.2 Å². The Morgan fingerprint density at radius 2 is 1.86 bits per heavy atom. The van der Waals surface area contributed by atoms with E-state index in [0.29, 0.717) is 0 Å². The Labute approximate surface area is 138 Å². The van der Waals surface area contributed by atoms with Crippen LogP contribution in [0.5, 0.6) is 0 Å². The predicted molar refractivity (Wildman–Crippen MR) is 92.1 cm³/mol. The zero-order valence-electron chi connectivity index (χ0n) is 10.9. The van der Waals surface area contributed by atoms with Crippen LogP contribution in [0.3, 0.4) is 0 Å². The highest BCUT2D eigenvalue weighted by molar-refractivity contribution is 9.10. The molecule has 2 aromatic heterocycles. The van der Waals surface area contributed by atoms with Crippen LogP contribution >= 0.6 is 39.0 Å². The zero-order valence-corrected chi connectivity index (χ0v) is 14.1. The summed E-state index contributed by atoms with van der Waals surface area (Å²) < 4.78 is 4.49. The van der Waals surface area contributed by atoms with E-state index in [1.165, 1.54) is 15.8 Å². The molecule has 0 aliphatic carbocycles. The first-order valence-electron chi connectivity index (χ1n) is 6.41. The van der Waals surface area contributed by atoms with Gasteiger partial charge in [0.1, 0.15) is 0 Å². The van der Waals surface area contributed by atoms with E-state index in [0.717, 1.165) is 20.3 Å². The molecule has 0 N–H and O–H groups in total. The molecule has 0 aliphatic heterocycles. The largest absolute Gasteiger partial charge is 0.260 e.